The van der Waals surface area contributed by atoms with Crippen LogP contribution in [-0.4, -0.2) is 57.6 Å². The number of rotatable bonds is 1. The SMILES string of the molecule is CC1O[C@H](CO)[C@@H](O)[C@@H](O)[C@H]1O. The lowest BCUT2D eigenvalue weighted by atomic mass is 9.96. The molecule has 0 aromatic rings. The van der Waals surface area contributed by atoms with Crippen LogP contribution in [0.4, 0.5) is 0 Å². The van der Waals surface area contributed by atoms with E-state index in [4.69, 9.17) is 9.84 Å². The molecule has 1 fully saturated rings. The quantitative estimate of drug-likeness (QED) is 0.367. The summed E-state index contributed by atoms with van der Waals surface area (Å²) < 4.78 is 5.02. The number of ether oxygens (including phenoxy) is 1. The first-order valence-corrected chi connectivity index (χ1v) is 3.88. The second kappa shape index (κ2) is 3.68. The lowest BCUT2D eigenvalue weighted by Gasteiger charge is -2.38. The minimum Gasteiger partial charge on any atom is -0.394 e. The maximum absolute atomic E-state index is 9.23. The van der Waals surface area contributed by atoms with E-state index < -0.39 is 30.5 Å². The minimum absolute atomic E-state index is 0.366. The molecule has 0 saturated carbocycles. The van der Waals surface area contributed by atoms with E-state index in [0.717, 1.165) is 0 Å². The minimum atomic E-state index is -1.24. The average molecular weight is 178 g/mol. The Morgan fingerprint density at radius 1 is 1.08 bits per heavy atom. The molecule has 1 heterocycles. The summed E-state index contributed by atoms with van der Waals surface area (Å²) in [4.78, 5) is 0. The molecule has 0 aromatic carbocycles. The molecule has 12 heavy (non-hydrogen) atoms. The highest BCUT2D eigenvalue weighted by Crippen LogP contribution is 2.20. The molecular formula is C7H14O5. The Hall–Kier alpha value is -0.200. The summed E-state index contributed by atoms with van der Waals surface area (Å²) in [6.07, 6.45) is -4.94. The second-order valence-corrected chi connectivity index (χ2v) is 3.03. The van der Waals surface area contributed by atoms with Gasteiger partial charge in [-0.05, 0) is 6.92 Å². The second-order valence-electron chi connectivity index (χ2n) is 3.03. The Morgan fingerprint density at radius 3 is 2.17 bits per heavy atom. The first-order chi connectivity index (χ1) is 5.57. The summed E-state index contributed by atoms with van der Waals surface area (Å²) in [5.41, 5.74) is 0. The summed E-state index contributed by atoms with van der Waals surface area (Å²) in [6, 6.07) is 0. The molecule has 0 aromatic heterocycles. The van der Waals surface area contributed by atoms with Crippen LogP contribution in [0.25, 0.3) is 0 Å². The van der Waals surface area contributed by atoms with E-state index in [1.54, 1.807) is 6.92 Å². The van der Waals surface area contributed by atoms with Gasteiger partial charge in [0.2, 0.25) is 0 Å². The van der Waals surface area contributed by atoms with Gasteiger partial charge >= 0.3 is 0 Å². The van der Waals surface area contributed by atoms with Crippen molar-refractivity contribution in [1.82, 2.24) is 0 Å². The molecule has 1 aliphatic rings. The molecule has 0 radical (unpaired) electrons. The maximum atomic E-state index is 9.23. The monoisotopic (exact) mass is 178 g/mol. The lowest BCUT2D eigenvalue weighted by Crippen LogP contribution is -2.57. The highest BCUT2D eigenvalue weighted by atomic mass is 16.5. The Balaban J connectivity index is 2.63. The third kappa shape index (κ3) is 1.60. The van der Waals surface area contributed by atoms with E-state index in [2.05, 4.69) is 0 Å². The zero-order valence-corrected chi connectivity index (χ0v) is 6.79. The van der Waals surface area contributed by atoms with Crippen LogP contribution >= 0.6 is 0 Å². The summed E-state index contributed by atoms with van der Waals surface area (Å²) in [5, 5.41) is 36.4. The average Bonchev–Trinajstić information content (AvgIpc) is 2.08. The fourth-order valence-electron chi connectivity index (χ4n) is 1.29. The van der Waals surface area contributed by atoms with Crippen LogP contribution in [0.1, 0.15) is 6.92 Å². The predicted octanol–water partition coefficient (Wildman–Crippen LogP) is -2.15. The Kier molecular flexibility index (Phi) is 3.03. The molecule has 4 N–H and O–H groups in total. The topological polar surface area (TPSA) is 90.2 Å². The van der Waals surface area contributed by atoms with Crippen molar-refractivity contribution in [3.05, 3.63) is 0 Å². The number of hydrogen-bond donors (Lipinski definition) is 4. The molecule has 1 rings (SSSR count). The summed E-state index contributed by atoms with van der Waals surface area (Å²) in [5.74, 6) is 0. The molecule has 5 atom stereocenters. The van der Waals surface area contributed by atoms with Gasteiger partial charge in [0.25, 0.3) is 0 Å². The molecule has 0 aliphatic carbocycles. The molecule has 0 bridgehead atoms. The van der Waals surface area contributed by atoms with E-state index >= 15 is 0 Å². The molecule has 0 amide bonds. The first-order valence-electron chi connectivity index (χ1n) is 3.88. The number of aliphatic hydroxyl groups is 4. The zero-order valence-electron chi connectivity index (χ0n) is 6.79. The Morgan fingerprint density at radius 2 is 1.67 bits per heavy atom. The summed E-state index contributed by atoms with van der Waals surface area (Å²) in [7, 11) is 0. The normalized spacial score (nSPS) is 49.2. The largest absolute Gasteiger partial charge is 0.394 e. The van der Waals surface area contributed by atoms with E-state index in [9.17, 15) is 15.3 Å². The highest BCUT2D eigenvalue weighted by Gasteiger charge is 2.41. The third-order valence-electron chi connectivity index (χ3n) is 2.13. The first kappa shape index (κ1) is 9.88. The molecule has 5 heteroatoms. The van der Waals surface area contributed by atoms with Crippen LogP contribution in [0.15, 0.2) is 0 Å². The fraction of sp³-hybridized carbons (Fsp3) is 1.00. The van der Waals surface area contributed by atoms with Gasteiger partial charge in [-0.25, -0.2) is 0 Å². The molecule has 1 aliphatic heterocycles. The van der Waals surface area contributed by atoms with E-state index in [-0.39, 0.29) is 6.61 Å². The van der Waals surface area contributed by atoms with Crippen LogP contribution in [0.2, 0.25) is 0 Å². The summed E-state index contributed by atoms with van der Waals surface area (Å²) >= 11 is 0. The van der Waals surface area contributed by atoms with E-state index in [1.807, 2.05) is 0 Å². The van der Waals surface area contributed by atoms with Crippen molar-refractivity contribution in [1.29, 1.82) is 0 Å². The number of aliphatic hydroxyl groups excluding tert-OH is 4. The molecule has 1 saturated heterocycles. The maximum Gasteiger partial charge on any atom is 0.111 e. The van der Waals surface area contributed by atoms with Gasteiger partial charge in [-0.2, -0.15) is 0 Å². The molecule has 72 valence electrons. The molecule has 1 unspecified atom stereocenters. The van der Waals surface area contributed by atoms with Gasteiger partial charge in [0.15, 0.2) is 0 Å². The molecule has 5 nitrogen and oxygen atoms in total. The smallest absolute Gasteiger partial charge is 0.111 e. The van der Waals surface area contributed by atoms with Crippen molar-refractivity contribution in [3.8, 4) is 0 Å². The van der Waals surface area contributed by atoms with E-state index in [0.29, 0.717) is 0 Å². The van der Waals surface area contributed by atoms with E-state index in [1.165, 1.54) is 0 Å². The predicted molar refractivity (Wildman–Crippen MR) is 39.4 cm³/mol. The van der Waals surface area contributed by atoms with Crippen molar-refractivity contribution in [2.45, 2.75) is 37.4 Å². The van der Waals surface area contributed by atoms with Crippen molar-refractivity contribution >= 4 is 0 Å². The van der Waals surface area contributed by atoms with Crippen LogP contribution < -0.4 is 0 Å². The van der Waals surface area contributed by atoms with Crippen LogP contribution in [-0.2, 0) is 4.74 Å². The highest BCUT2D eigenvalue weighted by molar-refractivity contribution is 4.89. The summed E-state index contributed by atoms with van der Waals surface area (Å²) in [6.45, 7) is 1.21. The van der Waals surface area contributed by atoms with Gasteiger partial charge in [-0.15, -0.1) is 0 Å². The number of hydrogen-bond acceptors (Lipinski definition) is 5. The van der Waals surface area contributed by atoms with Gasteiger partial charge in [0.05, 0.1) is 12.7 Å². The molecule has 0 spiro atoms. The van der Waals surface area contributed by atoms with Crippen molar-refractivity contribution < 1.29 is 25.2 Å². The Bertz CT molecular complexity index is 146. The standard InChI is InChI=1S/C7H14O5/c1-3-5(9)7(11)6(10)4(2-8)12-3/h3-11H,2H2,1H3/t3?,4-,5+,6-,7+/m1/s1. The Labute approximate surface area is 70.2 Å². The third-order valence-corrected chi connectivity index (χ3v) is 2.13. The van der Waals surface area contributed by atoms with Gasteiger partial charge in [-0.1, -0.05) is 0 Å². The molecular weight excluding hydrogens is 164 g/mol. The van der Waals surface area contributed by atoms with Gasteiger partial charge in [0.1, 0.15) is 24.4 Å². The lowest BCUT2D eigenvalue weighted by molar-refractivity contribution is -0.224. The zero-order chi connectivity index (χ0) is 9.30. The van der Waals surface area contributed by atoms with Gasteiger partial charge in [0, 0.05) is 0 Å². The van der Waals surface area contributed by atoms with Crippen molar-refractivity contribution in [3.63, 3.8) is 0 Å². The van der Waals surface area contributed by atoms with Gasteiger partial charge < -0.3 is 25.2 Å². The fourth-order valence-corrected chi connectivity index (χ4v) is 1.29. The van der Waals surface area contributed by atoms with Crippen LogP contribution in [0.3, 0.4) is 0 Å². The van der Waals surface area contributed by atoms with Crippen molar-refractivity contribution in [2.75, 3.05) is 6.61 Å². The van der Waals surface area contributed by atoms with Crippen LogP contribution in [0, 0.1) is 0 Å². The van der Waals surface area contributed by atoms with Crippen molar-refractivity contribution in [2.24, 2.45) is 0 Å². The van der Waals surface area contributed by atoms with Gasteiger partial charge in [-0.3, -0.25) is 0 Å². The van der Waals surface area contributed by atoms with Crippen LogP contribution in [0.5, 0.6) is 0 Å².